The van der Waals surface area contributed by atoms with Gasteiger partial charge in [-0.25, -0.2) is 4.98 Å². The third-order valence-corrected chi connectivity index (χ3v) is 2.79. The molecule has 2 rings (SSSR count). The Balaban J connectivity index is 2.21. The van der Waals surface area contributed by atoms with Crippen molar-refractivity contribution in [3.63, 3.8) is 0 Å². The highest BCUT2D eigenvalue weighted by Crippen LogP contribution is 2.31. The van der Waals surface area contributed by atoms with E-state index in [-0.39, 0.29) is 5.82 Å². The maximum atomic E-state index is 12.5. The Kier molecular flexibility index (Phi) is 3.24. The Hall–Kier alpha value is -1.30. The Bertz CT molecular complexity index is 395. The van der Waals surface area contributed by atoms with Crippen LogP contribution in [0.2, 0.25) is 0 Å². The average molecular weight is 246 g/mol. The summed E-state index contributed by atoms with van der Waals surface area (Å²) in [5.74, 6) is 0.276. The van der Waals surface area contributed by atoms with E-state index in [0.29, 0.717) is 19.5 Å². The number of rotatable bonds is 1. The van der Waals surface area contributed by atoms with E-state index >= 15 is 0 Å². The molecule has 1 aromatic rings. The molecule has 1 N–H and O–H groups in total. The second-order valence-electron chi connectivity index (χ2n) is 4.14. The summed E-state index contributed by atoms with van der Waals surface area (Å²) in [6.07, 6.45) is -2.24. The standard InChI is InChI=1S/C11H13F3N2O/c12-11(13,14)8-3-4-15-10(6-8)16-5-1-2-9(17)7-16/h3-4,6,9,17H,1-2,5,7H2/t9-/m0/s1. The van der Waals surface area contributed by atoms with Gasteiger partial charge in [0.15, 0.2) is 0 Å². The van der Waals surface area contributed by atoms with Gasteiger partial charge in [-0.15, -0.1) is 0 Å². The van der Waals surface area contributed by atoms with Gasteiger partial charge in [0.05, 0.1) is 11.7 Å². The molecule has 1 saturated heterocycles. The molecule has 3 nitrogen and oxygen atoms in total. The van der Waals surface area contributed by atoms with Gasteiger partial charge in [0.2, 0.25) is 0 Å². The highest BCUT2D eigenvalue weighted by molar-refractivity contribution is 5.42. The van der Waals surface area contributed by atoms with Gasteiger partial charge in [-0.3, -0.25) is 0 Å². The summed E-state index contributed by atoms with van der Waals surface area (Å²) < 4.78 is 37.5. The molecule has 0 spiro atoms. The van der Waals surface area contributed by atoms with Gasteiger partial charge in [0.1, 0.15) is 5.82 Å². The van der Waals surface area contributed by atoms with E-state index in [0.717, 1.165) is 24.8 Å². The van der Waals surface area contributed by atoms with Gasteiger partial charge in [-0.1, -0.05) is 0 Å². The van der Waals surface area contributed by atoms with Gasteiger partial charge in [0.25, 0.3) is 0 Å². The first-order valence-corrected chi connectivity index (χ1v) is 5.43. The third-order valence-electron chi connectivity index (χ3n) is 2.79. The molecule has 0 unspecified atom stereocenters. The van der Waals surface area contributed by atoms with Crippen LogP contribution in [0.4, 0.5) is 19.0 Å². The fraction of sp³-hybridized carbons (Fsp3) is 0.545. The zero-order valence-electron chi connectivity index (χ0n) is 9.11. The van der Waals surface area contributed by atoms with Crippen LogP contribution in [-0.4, -0.2) is 29.3 Å². The van der Waals surface area contributed by atoms with Crippen LogP contribution < -0.4 is 4.90 Å². The average Bonchev–Trinajstić information content (AvgIpc) is 2.28. The lowest BCUT2D eigenvalue weighted by Crippen LogP contribution is -2.38. The van der Waals surface area contributed by atoms with Gasteiger partial charge in [0, 0.05) is 19.3 Å². The molecular formula is C11H13F3N2O. The summed E-state index contributed by atoms with van der Waals surface area (Å²) in [5.41, 5.74) is -0.706. The predicted molar refractivity (Wildman–Crippen MR) is 56.7 cm³/mol. The van der Waals surface area contributed by atoms with Crippen molar-refractivity contribution in [2.24, 2.45) is 0 Å². The molecule has 2 heterocycles. The normalized spacial score (nSPS) is 21.6. The number of hydrogen-bond acceptors (Lipinski definition) is 3. The van der Waals surface area contributed by atoms with Crippen molar-refractivity contribution in [2.45, 2.75) is 25.1 Å². The van der Waals surface area contributed by atoms with Crippen LogP contribution >= 0.6 is 0 Å². The molecule has 1 aliphatic heterocycles. The number of pyridine rings is 1. The summed E-state index contributed by atoms with van der Waals surface area (Å²) in [6.45, 7) is 0.972. The number of β-amino-alcohol motifs (C(OH)–C–C–N with tert-alkyl or cyclic N) is 1. The number of aliphatic hydroxyl groups is 1. The Labute approximate surface area is 96.9 Å². The smallest absolute Gasteiger partial charge is 0.391 e. The first-order chi connectivity index (χ1) is 7.97. The number of piperidine rings is 1. The topological polar surface area (TPSA) is 36.4 Å². The first kappa shape index (κ1) is 12.2. The van der Waals surface area contributed by atoms with E-state index < -0.39 is 17.8 Å². The van der Waals surface area contributed by atoms with Crippen molar-refractivity contribution >= 4 is 5.82 Å². The van der Waals surface area contributed by atoms with Crippen molar-refractivity contribution in [3.8, 4) is 0 Å². The summed E-state index contributed by atoms with van der Waals surface area (Å²) in [5, 5.41) is 9.48. The summed E-state index contributed by atoms with van der Waals surface area (Å²) >= 11 is 0. The molecule has 0 aromatic carbocycles. The Morgan fingerprint density at radius 1 is 1.41 bits per heavy atom. The summed E-state index contributed by atoms with van der Waals surface area (Å²) in [4.78, 5) is 5.61. The molecular weight excluding hydrogens is 233 g/mol. The number of nitrogens with zero attached hydrogens (tertiary/aromatic N) is 2. The third kappa shape index (κ3) is 2.88. The van der Waals surface area contributed by atoms with E-state index in [9.17, 15) is 18.3 Å². The van der Waals surface area contributed by atoms with Crippen LogP contribution in [0.3, 0.4) is 0 Å². The zero-order chi connectivity index (χ0) is 12.5. The minimum atomic E-state index is -4.36. The highest BCUT2D eigenvalue weighted by Gasteiger charge is 2.31. The second kappa shape index (κ2) is 4.52. The molecule has 1 fully saturated rings. The van der Waals surface area contributed by atoms with Gasteiger partial charge < -0.3 is 10.0 Å². The van der Waals surface area contributed by atoms with E-state index in [1.807, 2.05) is 0 Å². The maximum absolute atomic E-state index is 12.5. The number of alkyl halides is 3. The molecule has 1 atom stereocenters. The molecule has 0 amide bonds. The van der Waals surface area contributed by atoms with Crippen LogP contribution in [-0.2, 0) is 6.18 Å². The molecule has 1 aromatic heterocycles. The first-order valence-electron chi connectivity index (χ1n) is 5.43. The van der Waals surface area contributed by atoms with E-state index in [2.05, 4.69) is 4.98 Å². The van der Waals surface area contributed by atoms with Crippen molar-refractivity contribution in [2.75, 3.05) is 18.0 Å². The fourth-order valence-corrected chi connectivity index (χ4v) is 1.93. The van der Waals surface area contributed by atoms with E-state index in [1.54, 1.807) is 4.90 Å². The number of hydrogen-bond donors (Lipinski definition) is 1. The molecule has 0 saturated carbocycles. The van der Waals surface area contributed by atoms with Gasteiger partial charge in [-0.2, -0.15) is 13.2 Å². The minimum Gasteiger partial charge on any atom is -0.391 e. The van der Waals surface area contributed by atoms with Crippen molar-refractivity contribution < 1.29 is 18.3 Å². The van der Waals surface area contributed by atoms with Crippen LogP contribution in [0, 0.1) is 0 Å². The summed E-state index contributed by atoms with van der Waals surface area (Å²) in [7, 11) is 0. The summed E-state index contributed by atoms with van der Waals surface area (Å²) in [6, 6.07) is 1.97. The van der Waals surface area contributed by atoms with Crippen molar-refractivity contribution in [1.82, 2.24) is 4.98 Å². The van der Waals surface area contributed by atoms with Crippen LogP contribution in [0.15, 0.2) is 18.3 Å². The fourth-order valence-electron chi connectivity index (χ4n) is 1.93. The largest absolute Gasteiger partial charge is 0.416 e. The van der Waals surface area contributed by atoms with Crippen LogP contribution in [0.5, 0.6) is 0 Å². The number of aromatic nitrogens is 1. The predicted octanol–water partition coefficient (Wildman–Crippen LogP) is 2.06. The number of anilines is 1. The van der Waals surface area contributed by atoms with Crippen molar-refractivity contribution in [3.05, 3.63) is 23.9 Å². The molecule has 0 bridgehead atoms. The van der Waals surface area contributed by atoms with Crippen LogP contribution in [0.25, 0.3) is 0 Å². The lowest BCUT2D eigenvalue weighted by atomic mass is 10.1. The zero-order valence-corrected chi connectivity index (χ0v) is 9.11. The highest BCUT2D eigenvalue weighted by atomic mass is 19.4. The van der Waals surface area contributed by atoms with Gasteiger partial charge >= 0.3 is 6.18 Å². The second-order valence-corrected chi connectivity index (χ2v) is 4.14. The lowest BCUT2D eigenvalue weighted by Gasteiger charge is -2.31. The quantitative estimate of drug-likeness (QED) is 0.824. The molecule has 94 valence electrons. The molecule has 1 aliphatic rings. The Morgan fingerprint density at radius 3 is 2.82 bits per heavy atom. The lowest BCUT2D eigenvalue weighted by molar-refractivity contribution is -0.137. The number of halogens is 3. The molecule has 0 aliphatic carbocycles. The van der Waals surface area contributed by atoms with Crippen molar-refractivity contribution in [1.29, 1.82) is 0 Å². The SMILES string of the molecule is O[C@H]1CCCN(c2cc(C(F)(F)F)ccn2)C1. The van der Waals surface area contributed by atoms with E-state index in [1.165, 1.54) is 0 Å². The monoisotopic (exact) mass is 246 g/mol. The van der Waals surface area contributed by atoms with E-state index in [4.69, 9.17) is 0 Å². The molecule has 0 radical (unpaired) electrons. The van der Waals surface area contributed by atoms with Gasteiger partial charge in [-0.05, 0) is 25.0 Å². The molecule has 6 heteroatoms. The molecule has 17 heavy (non-hydrogen) atoms. The number of aliphatic hydroxyl groups excluding tert-OH is 1. The van der Waals surface area contributed by atoms with Crippen LogP contribution in [0.1, 0.15) is 18.4 Å². The Morgan fingerprint density at radius 2 is 2.18 bits per heavy atom. The minimum absolute atomic E-state index is 0.276. The maximum Gasteiger partial charge on any atom is 0.416 e.